The molecule has 4 nitrogen and oxygen atoms in total. The van der Waals surface area contributed by atoms with Gasteiger partial charge in [0, 0.05) is 11.1 Å². The average molecular weight is 270 g/mol. The van der Waals surface area contributed by atoms with Crippen LogP contribution in [-0.2, 0) is 0 Å². The Hall–Kier alpha value is -2.69. The lowest BCUT2D eigenvalue weighted by molar-refractivity contribution is 0.432. The van der Waals surface area contributed by atoms with E-state index in [2.05, 4.69) is 10.1 Å². The third-order valence-corrected chi connectivity index (χ3v) is 2.82. The minimum absolute atomic E-state index is 0.121. The van der Waals surface area contributed by atoms with Gasteiger partial charge in [0.1, 0.15) is 11.6 Å². The standard InChI is InChI=1S/C15H11FN2O2/c1-9-5-11(7-12(16)6-9)15-17-14(18-20-15)10-3-2-4-13(19)8-10/h2-8,19H,1H3. The van der Waals surface area contributed by atoms with Crippen LogP contribution in [0.5, 0.6) is 5.75 Å². The lowest BCUT2D eigenvalue weighted by Crippen LogP contribution is -1.84. The van der Waals surface area contributed by atoms with E-state index in [0.717, 1.165) is 5.56 Å². The molecule has 0 fully saturated rings. The first-order valence-corrected chi connectivity index (χ1v) is 6.02. The molecule has 0 bridgehead atoms. The number of benzene rings is 2. The number of rotatable bonds is 2. The van der Waals surface area contributed by atoms with Crippen LogP contribution < -0.4 is 0 Å². The zero-order valence-corrected chi connectivity index (χ0v) is 10.7. The van der Waals surface area contributed by atoms with Crippen molar-refractivity contribution in [1.82, 2.24) is 10.1 Å². The molecule has 5 heteroatoms. The number of aryl methyl sites for hydroxylation is 1. The third-order valence-electron chi connectivity index (χ3n) is 2.82. The summed E-state index contributed by atoms with van der Waals surface area (Å²) in [6.45, 7) is 1.79. The molecular formula is C15H11FN2O2. The van der Waals surface area contributed by atoms with Gasteiger partial charge in [-0.3, -0.25) is 0 Å². The van der Waals surface area contributed by atoms with E-state index in [1.54, 1.807) is 31.2 Å². The molecule has 0 amide bonds. The highest BCUT2D eigenvalue weighted by Gasteiger charge is 2.12. The van der Waals surface area contributed by atoms with Gasteiger partial charge >= 0.3 is 0 Å². The summed E-state index contributed by atoms with van der Waals surface area (Å²) in [4.78, 5) is 4.22. The normalized spacial score (nSPS) is 10.7. The number of nitrogens with zero attached hydrogens (tertiary/aromatic N) is 2. The average Bonchev–Trinajstić information content (AvgIpc) is 2.87. The van der Waals surface area contributed by atoms with Gasteiger partial charge in [-0.05, 0) is 42.8 Å². The van der Waals surface area contributed by atoms with Crippen LogP contribution in [0, 0.1) is 12.7 Å². The summed E-state index contributed by atoms with van der Waals surface area (Å²) in [5.74, 6) is 0.358. The summed E-state index contributed by atoms with van der Waals surface area (Å²) >= 11 is 0. The fraction of sp³-hybridized carbons (Fsp3) is 0.0667. The van der Waals surface area contributed by atoms with Crippen molar-refractivity contribution in [1.29, 1.82) is 0 Å². The van der Waals surface area contributed by atoms with Crippen molar-refractivity contribution in [2.75, 3.05) is 0 Å². The Balaban J connectivity index is 2.02. The molecule has 1 N–H and O–H groups in total. The summed E-state index contributed by atoms with van der Waals surface area (Å²) in [5.41, 5.74) is 1.94. The molecule has 0 unspecified atom stereocenters. The van der Waals surface area contributed by atoms with E-state index in [-0.39, 0.29) is 17.5 Å². The molecule has 2 aromatic carbocycles. The molecule has 1 aromatic heterocycles. The van der Waals surface area contributed by atoms with Crippen LogP contribution in [-0.4, -0.2) is 15.2 Å². The van der Waals surface area contributed by atoms with Crippen LogP contribution in [0.4, 0.5) is 4.39 Å². The molecule has 0 saturated heterocycles. The molecule has 0 aliphatic rings. The molecule has 0 aliphatic carbocycles. The zero-order valence-electron chi connectivity index (χ0n) is 10.7. The van der Waals surface area contributed by atoms with Crippen LogP contribution in [0.3, 0.4) is 0 Å². The molecule has 0 radical (unpaired) electrons. The number of halogens is 1. The number of phenolic OH excluding ortho intramolecular Hbond substituents is 1. The van der Waals surface area contributed by atoms with Gasteiger partial charge in [0.25, 0.3) is 5.89 Å². The maximum absolute atomic E-state index is 13.4. The summed E-state index contributed by atoms with van der Waals surface area (Å²) in [7, 11) is 0. The predicted octanol–water partition coefficient (Wildman–Crippen LogP) is 3.56. The van der Waals surface area contributed by atoms with Crippen LogP contribution in [0.25, 0.3) is 22.8 Å². The Kier molecular flexibility index (Phi) is 2.95. The fourth-order valence-corrected chi connectivity index (χ4v) is 1.96. The molecule has 1 heterocycles. The molecular weight excluding hydrogens is 259 g/mol. The van der Waals surface area contributed by atoms with Gasteiger partial charge in [-0.25, -0.2) is 4.39 Å². The summed E-state index contributed by atoms with van der Waals surface area (Å²) in [6, 6.07) is 11.1. The lowest BCUT2D eigenvalue weighted by atomic mass is 10.1. The Bertz CT molecular complexity index is 748. The molecule has 3 aromatic rings. The molecule has 0 spiro atoms. The monoisotopic (exact) mass is 270 g/mol. The SMILES string of the molecule is Cc1cc(F)cc(-c2nc(-c3cccc(O)c3)no2)c1. The first kappa shape index (κ1) is 12.3. The number of aromatic hydroxyl groups is 1. The Morgan fingerprint density at radius 3 is 2.70 bits per heavy atom. The number of hydrogen-bond donors (Lipinski definition) is 1. The van der Waals surface area contributed by atoms with Crippen LogP contribution in [0.15, 0.2) is 47.0 Å². The van der Waals surface area contributed by atoms with Crippen molar-refractivity contribution < 1.29 is 14.0 Å². The van der Waals surface area contributed by atoms with Crippen LogP contribution >= 0.6 is 0 Å². The van der Waals surface area contributed by atoms with E-state index >= 15 is 0 Å². The highest BCUT2D eigenvalue weighted by atomic mass is 19.1. The summed E-state index contributed by atoms with van der Waals surface area (Å²) in [6.07, 6.45) is 0. The van der Waals surface area contributed by atoms with E-state index in [1.807, 2.05) is 0 Å². The van der Waals surface area contributed by atoms with Crippen LogP contribution in [0.1, 0.15) is 5.56 Å². The largest absolute Gasteiger partial charge is 0.508 e. The Morgan fingerprint density at radius 2 is 1.95 bits per heavy atom. The molecule has 0 atom stereocenters. The fourth-order valence-electron chi connectivity index (χ4n) is 1.96. The van der Waals surface area contributed by atoms with Gasteiger partial charge in [0.05, 0.1) is 0 Å². The van der Waals surface area contributed by atoms with Gasteiger partial charge < -0.3 is 9.63 Å². The van der Waals surface area contributed by atoms with E-state index in [4.69, 9.17) is 4.52 Å². The number of aromatic nitrogens is 2. The predicted molar refractivity (Wildman–Crippen MR) is 71.5 cm³/mol. The summed E-state index contributed by atoms with van der Waals surface area (Å²) < 4.78 is 18.5. The van der Waals surface area contributed by atoms with Crippen molar-refractivity contribution in [3.63, 3.8) is 0 Å². The number of hydrogen-bond acceptors (Lipinski definition) is 4. The highest BCUT2D eigenvalue weighted by molar-refractivity contribution is 5.61. The molecule has 20 heavy (non-hydrogen) atoms. The molecule has 0 saturated carbocycles. The number of phenols is 1. The zero-order chi connectivity index (χ0) is 14.1. The second kappa shape index (κ2) is 4.77. The minimum Gasteiger partial charge on any atom is -0.508 e. The highest BCUT2D eigenvalue weighted by Crippen LogP contribution is 2.25. The third kappa shape index (κ3) is 2.38. The first-order valence-electron chi connectivity index (χ1n) is 6.02. The lowest BCUT2D eigenvalue weighted by Gasteiger charge is -1.97. The quantitative estimate of drug-likeness (QED) is 0.773. The van der Waals surface area contributed by atoms with Crippen molar-refractivity contribution in [3.05, 3.63) is 53.8 Å². The van der Waals surface area contributed by atoms with Gasteiger partial charge in [-0.1, -0.05) is 17.3 Å². The molecule has 100 valence electrons. The van der Waals surface area contributed by atoms with Crippen molar-refractivity contribution in [2.45, 2.75) is 6.92 Å². The van der Waals surface area contributed by atoms with E-state index in [9.17, 15) is 9.50 Å². The molecule has 0 aliphatic heterocycles. The maximum Gasteiger partial charge on any atom is 0.258 e. The minimum atomic E-state index is -0.350. The molecule has 3 rings (SSSR count). The smallest absolute Gasteiger partial charge is 0.258 e. The topological polar surface area (TPSA) is 59.2 Å². The maximum atomic E-state index is 13.4. The first-order chi connectivity index (χ1) is 9.61. The second-order valence-electron chi connectivity index (χ2n) is 4.49. The van der Waals surface area contributed by atoms with E-state index in [0.29, 0.717) is 17.0 Å². The van der Waals surface area contributed by atoms with Crippen LogP contribution in [0.2, 0.25) is 0 Å². The summed E-state index contributed by atoms with van der Waals surface area (Å²) in [5, 5.41) is 13.3. The van der Waals surface area contributed by atoms with Crippen molar-refractivity contribution in [3.8, 4) is 28.6 Å². The van der Waals surface area contributed by atoms with Gasteiger partial charge in [-0.15, -0.1) is 0 Å². The second-order valence-corrected chi connectivity index (χ2v) is 4.49. The Morgan fingerprint density at radius 1 is 1.10 bits per heavy atom. The van der Waals surface area contributed by atoms with E-state index in [1.165, 1.54) is 18.2 Å². The Labute approximate surface area is 114 Å². The van der Waals surface area contributed by atoms with Crippen molar-refractivity contribution in [2.24, 2.45) is 0 Å². The van der Waals surface area contributed by atoms with Gasteiger partial charge in [0.2, 0.25) is 5.82 Å². The van der Waals surface area contributed by atoms with E-state index < -0.39 is 0 Å². The van der Waals surface area contributed by atoms with Crippen molar-refractivity contribution >= 4 is 0 Å². The van der Waals surface area contributed by atoms with Gasteiger partial charge in [0.15, 0.2) is 0 Å². The van der Waals surface area contributed by atoms with Gasteiger partial charge in [-0.2, -0.15) is 4.98 Å².